The quantitative estimate of drug-likeness (QED) is 0.0371. The van der Waals surface area contributed by atoms with Gasteiger partial charge in [0.2, 0.25) is 11.0 Å². The fourth-order valence-electron chi connectivity index (χ4n) is 7.46. The summed E-state index contributed by atoms with van der Waals surface area (Å²) in [7, 11) is 0. The Hall–Kier alpha value is -5.22. The van der Waals surface area contributed by atoms with Gasteiger partial charge in [0.05, 0.1) is 24.0 Å². The first kappa shape index (κ1) is 40.4. The lowest BCUT2D eigenvalue weighted by atomic mass is 10.0. The second-order valence-electron chi connectivity index (χ2n) is 14.9. The maximum Gasteiger partial charge on any atom is 0.213 e. The Morgan fingerprint density at radius 2 is 0.821 bits per heavy atom. The van der Waals surface area contributed by atoms with Gasteiger partial charge in [-0.25, -0.2) is 0 Å². The standard InChI is InChI=1S/C52H62N2O2/c1-3-5-41-55-51-35-33-49-45(47(51)31-29-43-23-15-13-16-24-43)27-21-39-53(49)37-19-11-9-7-8-10-12-20-38-54-40-22-28-46-48(32-30-44-25-17-14-18-26-44)52(36-34-50(46)54)56-42-6-4-2/h13-18,21-36,39-40H,3-12,19-20,37-38,41-42H2,1-2H3/q+2/b31-29+,32-30+. The summed E-state index contributed by atoms with van der Waals surface area (Å²) in [4.78, 5) is 0. The maximum absolute atomic E-state index is 6.29. The van der Waals surface area contributed by atoms with Crippen LogP contribution in [0.1, 0.15) is 113 Å². The number of nitrogens with zero attached hydrogens (tertiary/aromatic N) is 2. The smallest absolute Gasteiger partial charge is 0.213 e. The van der Waals surface area contributed by atoms with E-state index in [2.05, 4.69) is 169 Å². The zero-order valence-corrected chi connectivity index (χ0v) is 33.9. The Morgan fingerprint density at radius 3 is 1.23 bits per heavy atom. The lowest BCUT2D eigenvalue weighted by Gasteiger charge is -2.12. The number of aromatic nitrogens is 2. The summed E-state index contributed by atoms with van der Waals surface area (Å²) < 4.78 is 17.4. The lowest BCUT2D eigenvalue weighted by molar-refractivity contribution is -0.672. The molecule has 6 aromatic rings. The Kier molecular flexibility index (Phi) is 16.1. The third-order valence-corrected chi connectivity index (χ3v) is 10.7. The van der Waals surface area contributed by atoms with E-state index >= 15 is 0 Å². The molecule has 0 saturated carbocycles. The summed E-state index contributed by atoms with van der Waals surface area (Å²) in [5.74, 6) is 1.93. The van der Waals surface area contributed by atoms with Crippen LogP contribution in [-0.2, 0) is 13.1 Å². The van der Waals surface area contributed by atoms with Gasteiger partial charge < -0.3 is 9.47 Å². The third kappa shape index (κ3) is 11.6. The Balaban J connectivity index is 0.975. The normalized spacial score (nSPS) is 11.7. The van der Waals surface area contributed by atoms with Crippen LogP contribution in [0.4, 0.5) is 0 Å². The molecule has 0 aliphatic rings. The molecule has 0 N–H and O–H groups in total. The number of rotatable bonds is 23. The molecule has 56 heavy (non-hydrogen) atoms. The maximum atomic E-state index is 6.29. The highest BCUT2D eigenvalue weighted by Crippen LogP contribution is 2.31. The first-order valence-electron chi connectivity index (χ1n) is 21.4. The van der Waals surface area contributed by atoms with E-state index in [9.17, 15) is 0 Å². The lowest BCUT2D eigenvalue weighted by Crippen LogP contribution is -2.34. The predicted molar refractivity (Wildman–Crippen MR) is 237 cm³/mol. The number of ether oxygens (including phenoxy) is 2. The average Bonchev–Trinajstić information content (AvgIpc) is 3.24. The van der Waals surface area contributed by atoms with Gasteiger partial charge in [-0.15, -0.1) is 0 Å². The van der Waals surface area contributed by atoms with Crippen molar-refractivity contribution in [1.29, 1.82) is 0 Å². The van der Waals surface area contributed by atoms with Gasteiger partial charge in [0.1, 0.15) is 24.6 Å². The van der Waals surface area contributed by atoms with Crippen LogP contribution in [0.2, 0.25) is 0 Å². The van der Waals surface area contributed by atoms with Gasteiger partial charge in [0.25, 0.3) is 0 Å². The summed E-state index contributed by atoms with van der Waals surface area (Å²) in [5, 5.41) is 2.49. The van der Waals surface area contributed by atoms with Crippen LogP contribution < -0.4 is 18.6 Å². The van der Waals surface area contributed by atoms with Crippen LogP contribution >= 0.6 is 0 Å². The van der Waals surface area contributed by atoms with Crippen molar-refractivity contribution >= 4 is 46.1 Å². The average molecular weight is 747 g/mol. The van der Waals surface area contributed by atoms with E-state index in [1.807, 2.05) is 0 Å². The fourth-order valence-corrected chi connectivity index (χ4v) is 7.46. The van der Waals surface area contributed by atoms with Crippen molar-refractivity contribution in [2.45, 2.75) is 104 Å². The number of hydrogen-bond acceptors (Lipinski definition) is 2. The molecule has 0 spiro atoms. The summed E-state index contributed by atoms with van der Waals surface area (Å²) in [6.45, 7) is 7.97. The third-order valence-electron chi connectivity index (χ3n) is 10.7. The van der Waals surface area contributed by atoms with Crippen LogP contribution in [0.25, 0.3) is 46.1 Å². The molecule has 0 atom stereocenters. The van der Waals surface area contributed by atoms with Crippen LogP contribution in [0.5, 0.6) is 11.5 Å². The molecule has 0 radical (unpaired) electrons. The molecule has 4 aromatic carbocycles. The molecule has 0 bridgehead atoms. The molecule has 290 valence electrons. The number of benzene rings is 4. The molecular formula is C52H62N2O2+2. The van der Waals surface area contributed by atoms with E-state index in [1.54, 1.807) is 0 Å². The molecule has 0 saturated heterocycles. The van der Waals surface area contributed by atoms with E-state index in [1.165, 1.54) is 84.3 Å². The molecule has 4 heteroatoms. The summed E-state index contributed by atoms with van der Waals surface area (Å²) in [6, 6.07) is 38.7. The van der Waals surface area contributed by atoms with E-state index in [0.29, 0.717) is 0 Å². The van der Waals surface area contributed by atoms with Crippen LogP contribution in [-0.4, -0.2) is 13.2 Å². The van der Waals surface area contributed by atoms with Gasteiger partial charge in [-0.3, -0.25) is 0 Å². The zero-order chi connectivity index (χ0) is 38.6. The minimum absolute atomic E-state index is 0.745. The predicted octanol–water partition coefficient (Wildman–Crippen LogP) is 13.1. The molecule has 6 rings (SSSR count). The number of hydrogen-bond donors (Lipinski definition) is 0. The van der Waals surface area contributed by atoms with Crippen molar-refractivity contribution in [2.75, 3.05) is 13.2 Å². The summed E-state index contributed by atoms with van der Waals surface area (Å²) in [6.07, 6.45) is 27.8. The van der Waals surface area contributed by atoms with E-state index in [-0.39, 0.29) is 0 Å². The highest BCUT2D eigenvalue weighted by Gasteiger charge is 2.16. The number of unbranched alkanes of at least 4 members (excludes halogenated alkanes) is 9. The first-order chi connectivity index (χ1) is 27.7. The molecular weight excluding hydrogens is 685 g/mol. The van der Waals surface area contributed by atoms with Crippen molar-refractivity contribution in [2.24, 2.45) is 0 Å². The van der Waals surface area contributed by atoms with Gasteiger partial charge >= 0.3 is 0 Å². The van der Waals surface area contributed by atoms with Crippen molar-refractivity contribution < 1.29 is 18.6 Å². The second kappa shape index (κ2) is 22.4. The Bertz CT molecular complexity index is 1980. The number of pyridine rings is 2. The summed E-state index contributed by atoms with van der Waals surface area (Å²) >= 11 is 0. The zero-order valence-electron chi connectivity index (χ0n) is 33.9. The van der Waals surface area contributed by atoms with Gasteiger partial charge in [-0.1, -0.05) is 125 Å². The van der Waals surface area contributed by atoms with E-state index < -0.39 is 0 Å². The molecule has 0 fully saturated rings. The van der Waals surface area contributed by atoms with Crippen molar-refractivity contribution in [3.63, 3.8) is 0 Å². The largest absolute Gasteiger partial charge is 0.493 e. The van der Waals surface area contributed by atoms with Crippen LogP contribution in [0.3, 0.4) is 0 Å². The Labute approximate surface area is 336 Å². The summed E-state index contributed by atoms with van der Waals surface area (Å²) in [5.41, 5.74) is 7.26. The van der Waals surface area contributed by atoms with Gasteiger partial charge in [0.15, 0.2) is 12.4 Å². The van der Waals surface area contributed by atoms with Gasteiger partial charge in [-0.2, -0.15) is 9.13 Å². The SMILES string of the molecule is CCCCOc1ccc2c(ccc[n+]2CCCCCCCCCC[n+]2cccc3c(/C=C/c4ccccc4)c(OCCCC)ccc32)c1/C=C/c1ccccc1. The Morgan fingerprint density at radius 1 is 0.411 bits per heavy atom. The highest BCUT2D eigenvalue weighted by molar-refractivity contribution is 5.93. The molecule has 2 aromatic heterocycles. The minimum atomic E-state index is 0.745. The molecule has 0 unspecified atom stereocenters. The highest BCUT2D eigenvalue weighted by atomic mass is 16.5. The van der Waals surface area contributed by atoms with Gasteiger partial charge in [-0.05, 0) is 73.2 Å². The molecule has 0 amide bonds. The van der Waals surface area contributed by atoms with Crippen molar-refractivity contribution in [1.82, 2.24) is 0 Å². The topological polar surface area (TPSA) is 26.2 Å². The van der Waals surface area contributed by atoms with Crippen LogP contribution in [0.15, 0.2) is 122 Å². The number of aryl methyl sites for hydroxylation is 2. The van der Waals surface area contributed by atoms with E-state index in [4.69, 9.17) is 9.47 Å². The first-order valence-corrected chi connectivity index (χ1v) is 21.4. The molecule has 4 nitrogen and oxygen atoms in total. The monoisotopic (exact) mass is 746 g/mol. The molecule has 2 heterocycles. The molecule has 0 aliphatic heterocycles. The van der Waals surface area contributed by atoms with Crippen molar-refractivity contribution in [3.05, 3.63) is 144 Å². The van der Waals surface area contributed by atoms with E-state index in [0.717, 1.165) is 74.6 Å². The van der Waals surface area contributed by atoms with Crippen LogP contribution in [0, 0.1) is 0 Å². The van der Waals surface area contributed by atoms with Gasteiger partial charge in [0, 0.05) is 48.2 Å². The number of fused-ring (bicyclic) bond motifs is 2. The minimum Gasteiger partial charge on any atom is -0.493 e. The fraction of sp³-hybridized carbons (Fsp3) is 0.346. The second-order valence-corrected chi connectivity index (χ2v) is 14.9. The molecule has 0 aliphatic carbocycles. The van der Waals surface area contributed by atoms with Crippen molar-refractivity contribution in [3.8, 4) is 11.5 Å².